The van der Waals surface area contributed by atoms with Gasteiger partial charge in [-0.1, -0.05) is 12.1 Å². The number of carbonyl (C=O) groups excluding carboxylic acids is 3. The Morgan fingerprint density at radius 3 is 2.29 bits per heavy atom. The number of carbonyl (C=O) groups is 3. The maximum Gasteiger partial charge on any atom is 0.262 e. The van der Waals surface area contributed by atoms with Crippen molar-refractivity contribution in [3.05, 3.63) is 59.2 Å². The highest BCUT2D eigenvalue weighted by Crippen LogP contribution is 2.19. The van der Waals surface area contributed by atoms with Crippen molar-refractivity contribution >= 4 is 23.4 Å². The van der Waals surface area contributed by atoms with Crippen LogP contribution in [0.5, 0.6) is 5.75 Å². The highest BCUT2D eigenvalue weighted by Gasteiger charge is 2.08. The van der Waals surface area contributed by atoms with Crippen LogP contribution in [0.3, 0.4) is 0 Å². The Kier molecular flexibility index (Phi) is 7.56. The molecule has 0 saturated heterocycles. The SMILES string of the molecule is CC(=O)NCCNC(=O)c1ccc(NC(=O)COc2cc(C)ccc2C)cc1. The van der Waals surface area contributed by atoms with Crippen molar-refractivity contribution in [3.63, 3.8) is 0 Å². The van der Waals surface area contributed by atoms with E-state index < -0.39 is 0 Å². The summed E-state index contributed by atoms with van der Waals surface area (Å²) in [5.41, 5.74) is 3.07. The zero-order chi connectivity index (χ0) is 20.5. The molecule has 0 unspecified atom stereocenters. The third kappa shape index (κ3) is 6.75. The lowest BCUT2D eigenvalue weighted by Crippen LogP contribution is -2.33. The first-order valence-corrected chi connectivity index (χ1v) is 8.98. The second-order valence-corrected chi connectivity index (χ2v) is 6.42. The van der Waals surface area contributed by atoms with Crippen LogP contribution >= 0.6 is 0 Å². The standard InChI is InChI=1S/C21H25N3O4/c1-14-4-5-15(2)19(12-14)28-13-20(26)24-18-8-6-17(7-9-18)21(27)23-11-10-22-16(3)25/h4-9,12H,10-11,13H2,1-3H3,(H,22,25)(H,23,27)(H,24,26). The van der Waals surface area contributed by atoms with Crippen LogP contribution in [0.2, 0.25) is 0 Å². The van der Waals surface area contributed by atoms with E-state index in [2.05, 4.69) is 16.0 Å². The second-order valence-electron chi connectivity index (χ2n) is 6.42. The molecule has 0 atom stereocenters. The van der Waals surface area contributed by atoms with Crippen molar-refractivity contribution in [1.82, 2.24) is 10.6 Å². The van der Waals surface area contributed by atoms with Crippen LogP contribution in [0, 0.1) is 13.8 Å². The number of ether oxygens (including phenoxy) is 1. The fourth-order valence-corrected chi connectivity index (χ4v) is 2.42. The first kappa shape index (κ1) is 21.0. The van der Waals surface area contributed by atoms with Crippen molar-refractivity contribution in [2.24, 2.45) is 0 Å². The predicted octanol–water partition coefficient (Wildman–Crippen LogP) is 2.19. The van der Waals surface area contributed by atoms with E-state index in [1.807, 2.05) is 32.0 Å². The molecule has 0 aromatic heterocycles. The lowest BCUT2D eigenvalue weighted by Gasteiger charge is -2.11. The van der Waals surface area contributed by atoms with E-state index in [9.17, 15) is 14.4 Å². The molecule has 7 heteroatoms. The average molecular weight is 383 g/mol. The Bertz CT molecular complexity index is 847. The average Bonchev–Trinajstić information content (AvgIpc) is 2.66. The molecule has 0 fully saturated rings. The van der Waals surface area contributed by atoms with E-state index in [0.717, 1.165) is 11.1 Å². The molecular formula is C21H25N3O4. The molecule has 2 aromatic rings. The molecule has 148 valence electrons. The van der Waals surface area contributed by atoms with E-state index in [4.69, 9.17) is 4.74 Å². The Hall–Kier alpha value is -3.35. The molecule has 0 aliphatic heterocycles. The van der Waals surface area contributed by atoms with Gasteiger partial charge in [-0.2, -0.15) is 0 Å². The summed E-state index contributed by atoms with van der Waals surface area (Å²) < 4.78 is 5.58. The zero-order valence-corrected chi connectivity index (χ0v) is 16.3. The summed E-state index contributed by atoms with van der Waals surface area (Å²) in [6.45, 7) is 5.91. The molecule has 0 radical (unpaired) electrons. The third-order valence-electron chi connectivity index (χ3n) is 3.92. The van der Waals surface area contributed by atoms with Crippen molar-refractivity contribution in [2.75, 3.05) is 25.0 Å². The number of benzene rings is 2. The van der Waals surface area contributed by atoms with Gasteiger partial charge in [0.05, 0.1) is 0 Å². The summed E-state index contributed by atoms with van der Waals surface area (Å²) in [6.07, 6.45) is 0. The predicted molar refractivity (Wildman–Crippen MR) is 107 cm³/mol. The van der Waals surface area contributed by atoms with Gasteiger partial charge in [-0.3, -0.25) is 14.4 Å². The molecule has 0 aliphatic rings. The van der Waals surface area contributed by atoms with E-state index in [1.165, 1.54) is 6.92 Å². The van der Waals surface area contributed by atoms with Crippen LogP contribution in [0.1, 0.15) is 28.4 Å². The van der Waals surface area contributed by atoms with Gasteiger partial charge in [-0.05, 0) is 55.3 Å². The molecule has 28 heavy (non-hydrogen) atoms. The van der Waals surface area contributed by atoms with Crippen LogP contribution in [-0.2, 0) is 9.59 Å². The summed E-state index contributed by atoms with van der Waals surface area (Å²) >= 11 is 0. The zero-order valence-electron chi connectivity index (χ0n) is 16.3. The van der Waals surface area contributed by atoms with Gasteiger partial charge in [0.25, 0.3) is 11.8 Å². The quantitative estimate of drug-likeness (QED) is 0.609. The smallest absolute Gasteiger partial charge is 0.262 e. The van der Waals surface area contributed by atoms with Gasteiger partial charge < -0.3 is 20.7 Å². The minimum absolute atomic E-state index is 0.102. The molecule has 0 aliphatic carbocycles. The van der Waals surface area contributed by atoms with Crippen molar-refractivity contribution in [2.45, 2.75) is 20.8 Å². The summed E-state index contributed by atoms with van der Waals surface area (Å²) in [5, 5.41) is 8.04. The van der Waals surface area contributed by atoms with Crippen LogP contribution in [-0.4, -0.2) is 37.4 Å². The second kappa shape index (κ2) is 10.1. The number of anilines is 1. The summed E-state index contributed by atoms with van der Waals surface area (Å²) in [4.78, 5) is 34.9. The van der Waals surface area contributed by atoms with E-state index in [-0.39, 0.29) is 24.3 Å². The Morgan fingerprint density at radius 1 is 0.929 bits per heavy atom. The highest BCUT2D eigenvalue weighted by atomic mass is 16.5. The summed E-state index contributed by atoms with van der Waals surface area (Å²) in [5.74, 6) is 0.00668. The molecule has 0 heterocycles. The van der Waals surface area contributed by atoms with Gasteiger partial charge in [0, 0.05) is 31.3 Å². The lowest BCUT2D eigenvalue weighted by molar-refractivity contribution is -0.119. The van der Waals surface area contributed by atoms with E-state index >= 15 is 0 Å². The minimum atomic E-state index is -0.284. The van der Waals surface area contributed by atoms with Crippen LogP contribution < -0.4 is 20.7 Å². The monoisotopic (exact) mass is 383 g/mol. The van der Waals surface area contributed by atoms with Gasteiger partial charge in [-0.15, -0.1) is 0 Å². The van der Waals surface area contributed by atoms with Gasteiger partial charge in [0.2, 0.25) is 5.91 Å². The Labute approximate surface area is 164 Å². The molecule has 3 amide bonds. The lowest BCUT2D eigenvalue weighted by atomic mass is 10.1. The molecule has 0 saturated carbocycles. The first-order valence-electron chi connectivity index (χ1n) is 8.98. The molecular weight excluding hydrogens is 358 g/mol. The topological polar surface area (TPSA) is 96.5 Å². The van der Waals surface area contributed by atoms with E-state index in [0.29, 0.717) is 30.1 Å². The van der Waals surface area contributed by atoms with Crippen molar-refractivity contribution < 1.29 is 19.1 Å². The summed E-state index contributed by atoms with van der Waals surface area (Å²) in [6, 6.07) is 12.4. The van der Waals surface area contributed by atoms with Crippen LogP contribution in [0.25, 0.3) is 0 Å². The molecule has 7 nitrogen and oxygen atoms in total. The normalized spacial score (nSPS) is 10.1. The van der Waals surface area contributed by atoms with Crippen LogP contribution in [0.4, 0.5) is 5.69 Å². The number of hydrogen-bond donors (Lipinski definition) is 3. The number of aryl methyl sites for hydroxylation is 2. The van der Waals surface area contributed by atoms with Gasteiger partial charge in [0.1, 0.15) is 5.75 Å². The molecule has 0 bridgehead atoms. The Morgan fingerprint density at radius 2 is 1.61 bits per heavy atom. The van der Waals surface area contributed by atoms with E-state index in [1.54, 1.807) is 24.3 Å². The fourth-order valence-electron chi connectivity index (χ4n) is 2.42. The number of nitrogens with one attached hydrogen (secondary N) is 3. The third-order valence-corrected chi connectivity index (χ3v) is 3.92. The minimum Gasteiger partial charge on any atom is -0.483 e. The number of rotatable bonds is 8. The molecule has 3 N–H and O–H groups in total. The number of amides is 3. The first-order chi connectivity index (χ1) is 13.3. The van der Waals surface area contributed by atoms with Gasteiger partial charge in [0.15, 0.2) is 6.61 Å². The van der Waals surface area contributed by atoms with Crippen molar-refractivity contribution in [3.8, 4) is 5.75 Å². The summed E-state index contributed by atoms with van der Waals surface area (Å²) in [7, 11) is 0. The number of hydrogen-bond acceptors (Lipinski definition) is 4. The Balaban J connectivity index is 1.81. The largest absolute Gasteiger partial charge is 0.483 e. The van der Waals surface area contributed by atoms with Crippen LogP contribution in [0.15, 0.2) is 42.5 Å². The maximum absolute atomic E-state index is 12.1. The molecule has 2 aromatic carbocycles. The van der Waals surface area contributed by atoms with Gasteiger partial charge in [-0.25, -0.2) is 0 Å². The fraction of sp³-hybridized carbons (Fsp3) is 0.286. The highest BCUT2D eigenvalue weighted by molar-refractivity contribution is 5.96. The molecule has 0 spiro atoms. The van der Waals surface area contributed by atoms with Crippen molar-refractivity contribution in [1.29, 1.82) is 0 Å². The maximum atomic E-state index is 12.1. The van der Waals surface area contributed by atoms with Gasteiger partial charge >= 0.3 is 0 Å². The molecule has 2 rings (SSSR count).